The molecule has 24 heavy (non-hydrogen) atoms. The summed E-state index contributed by atoms with van der Waals surface area (Å²) in [6.07, 6.45) is 0. The van der Waals surface area contributed by atoms with Crippen molar-refractivity contribution in [2.24, 2.45) is 5.73 Å². The van der Waals surface area contributed by atoms with Gasteiger partial charge in [-0.05, 0) is 29.1 Å². The van der Waals surface area contributed by atoms with E-state index in [0.717, 1.165) is 0 Å². The summed E-state index contributed by atoms with van der Waals surface area (Å²) in [5.41, 5.74) is 6.22. The molecule has 5 nitrogen and oxygen atoms in total. The standard InChI is InChI=1S/C17H18FN3O2S/c18-13-5-3-12(4-6-13)15(16(19)22)20-7-9-21(10-8-20)17(23)14-2-1-11-24-14/h1-6,11,15H,7-10H2,(H2,19,22). The van der Waals surface area contributed by atoms with E-state index in [1.807, 2.05) is 22.4 Å². The second-order valence-corrected chi connectivity index (χ2v) is 6.61. The van der Waals surface area contributed by atoms with Gasteiger partial charge in [-0.2, -0.15) is 0 Å². The monoisotopic (exact) mass is 347 g/mol. The highest BCUT2D eigenvalue weighted by atomic mass is 32.1. The number of carbonyl (C=O) groups is 2. The Morgan fingerprint density at radius 1 is 1.08 bits per heavy atom. The zero-order valence-corrected chi connectivity index (χ0v) is 13.8. The van der Waals surface area contributed by atoms with Gasteiger partial charge in [-0.1, -0.05) is 18.2 Å². The fourth-order valence-corrected chi connectivity index (χ4v) is 3.63. The van der Waals surface area contributed by atoms with E-state index in [4.69, 9.17) is 5.73 Å². The van der Waals surface area contributed by atoms with Crippen molar-refractivity contribution in [3.05, 3.63) is 58.0 Å². The Labute approximate surface area is 143 Å². The number of thiophene rings is 1. The molecule has 3 rings (SSSR count). The molecule has 126 valence electrons. The minimum Gasteiger partial charge on any atom is -0.368 e. The zero-order valence-electron chi connectivity index (χ0n) is 13.0. The Morgan fingerprint density at radius 2 is 1.75 bits per heavy atom. The summed E-state index contributed by atoms with van der Waals surface area (Å²) >= 11 is 1.42. The van der Waals surface area contributed by atoms with Crippen molar-refractivity contribution in [2.45, 2.75) is 6.04 Å². The molecular weight excluding hydrogens is 329 g/mol. The lowest BCUT2D eigenvalue weighted by molar-refractivity contribution is -0.124. The molecule has 1 aliphatic heterocycles. The largest absolute Gasteiger partial charge is 0.368 e. The van der Waals surface area contributed by atoms with Crippen molar-refractivity contribution < 1.29 is 14.0 Å². The highest BCUT2D eigenvalue weighted by Crippen LogP contribution is 2.23. The Hall–Kier alpha value is -2.25. The topological polar surface area (TPSA) is 66.6 Å². The Morgan fingerprint density at radius 3 is 2.29 bits per heavy atom. The Kier molecular flexibility index (Phi) is 4.92. The normalized spacial score (nSPS) is 16.8. The number of nitrogens with zero attached hydrogens (tertiary/aromatic N) is 2. The van der Waals surface area contributed by atoms with Crippen LogP contribution in [0.2, 0.25) is 0 Å². The van der Waals surface area contributed by atoms with Crippen LogP contribution < -0.4 is 5.73 Å². The van der Waals surface area contributed by atoms with Crippen LogP contribution in [0.4, 0.5) is 4.39 Å². The van der Waals surface area contributed by atoms with E-state index in [1.165, 1.54) is 23.5 Å². The zero-order chi connectivity index (χ0) is 17.1. The molecule has 1 saturated heterocycles. The van der Waals surface area contributed by atoms with E-state index < -0.39 is 11.9 Å². The number of piperazine rings is 1. The fraction of sp³-hybridized carbons (Fsp3) is 0.294. The molecule has 1 fully saturated rings. The number of halogens is 1. The van der Waals surface area contributed by atoms with Crippen LogP contribution >= 0.6 is 11.3 Å². The lowest BCUT2D eigenvalue weighted by atomic mass is 10.0. The molecule has 1 aliphatic rings. The molecular formula is C17H18FN3O2S. The average Bonchev–Trinajstić information content (AvgIpc) is 3.11. The van der Waals surface area contributed by atoms with Gasteiger partial charge in [-0.3, -0.25) is 14.5 Å². The van der Waals surface area contributed by atoms with Gasteiger partial charge in [0.15, 0.2) is 0 Å². The predicted octanol–water partition coefficient (Wildman–Crippen LogP) is 1.87. The first-order valence-corrected chi connectivity index (χ1v) is 8.56. The van der Waals surface area contributed by atoms with Crippen LogP contribution in [-0.2, 0) is 4.79 Å². The molecule has 0 bridgehead atoms. The van der Waals surface area contributed by atoms with E-state index in [2.05, 4.69) is 0 Å². The third-order valence-electron chi connectivity index (χ3n) is 4.15. The number of nitrogens with two attached hydrogens (primary N) is 1. The minimum absolute atomic E-state index is 0.0158. The van der Waals surface area contributed by atoms with Gasteiger partial charge in [-0.25, -0.2) is 4.39 Å². The maximum Gasteiger partial charge on any atom is 0.264 e. The Balaban J connectivity index is 1.68. The lowest BCUT2D eigenvalue weighted by Crippen LogP contribution is -2.51. The van der Waals surface area contributed by atoms with Crippen molar-refractivity contribution in [3.63, 3.8) is 0 Å². The number of carbonyl (C=O) groups excluding carboxylic acids is 2. The summed E-state index contributed by atoms with van der Waals surface area (Å²) in [7, 11) is 0. The number of hydrogen-bond acceptors (Lipinski definition) is 4. The van der Waals surface area contributed by atoms with E-state index >= 15 is 0 Å². The van der Waals surface area contributed by atoms with Gasteiger partial charge in [0.1, 0.15) is 11.9 Å². The first-order valence-electron chi connectivity index (χ1n) is 7.68. The molecule has 2 heterocycles. The van der Waals surface area contributed by atoms with E-state index in [1.54, 1.807) is 17.0 Å². The molecule has 0 saturated carbocycles. The Bertz CT molecular complexity index is 710. The highest BCUT2D eigenvalue weighted by molar-refractivity contribution is 7.12. The van der Waals surface area contributed by atoms with Crippen LogP contribution in [0.1, 0.15) is 21.3 Å². The number of rotatable bonds is 4. The van der Waals surface area contributed by atoms with Gasteiger partial charge in [0.25, 0.3) is 5.91 Å². The van der Waals surface area contributed by atoms with Crippen molar-refractivity contribution in [3.8, 4) is 0 Å². The summed E-state index contributed by atoms with van der Waals surface area (Å²) in [5.74, 6) is -0.810. The lowest BCUT2D eigenvalue weighted by Gasteiger charge is -2.38. The summed E-state index contributed by atoms with van der Waals surface area (Å²) in [5, 5.41) is 1.88. The molecule has 7 heteroatoms. The van der Waals surface area contributed by atoms with Crippen LogP contribution in [0, 0.1) is 5.82 Å². The first kappa shape index (κ1) is 16.6. The molecule has 0 radical (unpaired) electrons. The van der Waals surface area contributed by atoms with Gasteiger partial charge in [-0.15, -0.1) is 11.3 Å². The molecule has 2 N–H and O–H groups in total. The molecule has 0 spiro atoms. The van der Waals surface area contributed by atoms with Gasteiger partial charge in [0.05, 0.1) is 4.88 Å². The molecule has 1 aromatic carbocycles. The molecule has 2 amide bonds. The average molecular weight is 347 g/mol. The fourth-order valence-electron chi connectivity index (χ4n) is 2.94. The predicted molar refractivity (Wildman–Crippen MR) is 90.1 cm³/mol. The maximum absolute atomic E-state index is 13.1. The number of primary amides is 1. The van der Waals surface area contributed by atoms with Crippen molar-refractivity contribution in [1.29, 1.82) is 0 Å². The van der Waals surface area contributed by atoms with E-state index in [9.17, 15) is 14.0 Å². The minimum atomic E-state index is -0.607. The second kappa shape index (κ2) is 7.11. The summed E-state index contributed by atoms with van der Waals surface area (Å²) in [6.45, 7) is 2.15. The van der Waals surface area contributed by atoms with Crippen molar-refractivity contribution in [2.75, 3.05) is 26.2 Å². The van der Waals surface area contributed by atoms with E-state index in [0.29, 0.717) is 36.6 Å². The molecule has 2 aromatic rings. The quantitative estimate of drug-likeness (QED) is 0.918. The third kappa shape index (κ3) is 3.47. The van der Waals surface area contributed by atoms with Crippen LogP contribution in [0.5, 0.6) is 0 Å². The molecule has 0 aliphatic carbocycles. The van der Waals surface area contributed by atoms with Gasteiger partial charge in [0, 0.05) is 26.2 Å². The summed E-state index contributed by atoms with van der Waals surface area (Å²) in [4.78, 5) is 28.7. The van der Waals surface area contributed by atoms with Crippen molar-refractivity contribution in [1.82, 2.24) is 9.80 Å². The number of benzene rings is 1. The van der Waals surface area contributed by atoms with Crippen LogP contribution in [0.3, 0.4) is 0 Å². The van der Waals surface area contributed by atoms with Crippen molar-refractivity contribution >= 4 is 23.2 Å². The summed E-state index contributed by atoms with van der Waals surface area (Å²) < 4.78 is 13.1. The summed E-state index contributed by atoms with van der Waals surface area (Å²) in [6, 6.07) is 8.85. The van der Waals surface area contributed by atoms with Crippen LogP contribution in [0.15, 0.2) is 41.8 Å². The van der Waals surface area contributed by atoms with Gasteiger partial charge < -0.3 is 10.6 Å². The second-order valence-electron chi connectivity index (χ2n) is 5.66. The molecule has 1 aromatic heterocycles. The highest BCUT2D eigenvalue weighted by Gasteiger charge is 2.30. The van der Waals surface area contributed by atoms with E-state index in [-0.39, 0.29) is 11.7 Å². The number of amides is 2. The smallest absolute Gasteiger partial charge is 0.264 e. The number of hydrogen-bond donors (Lipinski definition) is 1. The van der Waals surface area contributed by atoms with Gasteiger partial charge >= 0.3 is 0 Å². The van der Waals surface area contributed by atoms with Gasteiger partial charge in [0.2, 0.25) is 5.91 Å². The molecule has 1 unspecified atom stereocenters. The maximum atomic E-state index is 13.1. The SMILES string of the molecule is NC(=O)C(c1ccc(F)cc1)N1CCN(C(=O)c2cccs2)CC1. The molecule has 1 atom stereocenters. The van der Waals surface area contributed by atoms with Crippen LogP contribution in [-0.4, -0.2) is 47.8 Å². The van der Waals surface area contributed by atoms with Crippen LogP contribution in [0.25, 0.3) is 0 Å². The first-order chi connectivity index (χ1) is 11.6. The third-order valence-corrected chi connectivity index (χ3v) is 5.01.